The normalized spacial score (nSPS) is 16.5. The molecular formula is C11H13ClN2O2S. The number of alkyl halides is 1. The first kappa shape index (κ1) is 12.4. The maximum absolute atomic E-state index is 11.8. The molecule has 0 atom stereocenters. The van der Waals surface area contributed by atoms with E-state index in [0.29, 0.717) is 30.4 Å². The molecule has 0 amide bonds. The lowest BCUT2D eigenvalue weighted by atomic mass is 10.2. The molecule has 1 aromatic carbocycles. The molecule has 0 saturated heterocycles. The van der Waals surface area contributed by atoms with Crippen LogP contribution < -0.4 is 0 Å². The number of halogens is 1. The van der Waals surface area contributed by atoms with Crippen molar-refractivity contribution in [3.05, 3.63) is 29.8 Å². The second kappa shape index (κ2) is 4.66. The molecule has 17 heavy (non-hydrogen) atoms. The molecule has 0 unspecified atom stereocenters. The van der Waals surface area contributed by atoms with Gasteiger partial charge in [0.05, 0.1) is 0 Å². The summed E-state index contributed by atoms with van der Waals surface area (Å²) in [6.07, 6.45) is 0. The smallest absolute Gasteiger partial charge is 0.285 e. The summed E-state index contributed by atoms with van der Waals surface area (Å²) in [5.74, 6) is 0.943. The van der Waals surface area contributed by atoms with Crippen LogP contribution in [0.15, 0.2) is 33.6 Å². The molecule has 92 valence electrons. The van der Waals surface area contributed by atoms with Crippen LogP contribution in [0, 0.1) is 0 Å². The molecule has 0 N–H and O–H groups in total. The number of fused-ring (bicyclic) bond motifs is 1. The van der Waals surface area contributed by atoms with E-state index in [9.17, 15) is 8.42 Å². The lowest BCUT2D eigenvalue weighted by Crippen LogP contribution is -2.32. The number of benzene rings is 1. The first-order chi connectivity index (χ1) is 8.10. The van der Waals surface area contributed by atoms with E-state index in [2.05, 4.69) is 4.40 Å². The molecule has 0 radical (unpaired) electrons. The van der Waals surface area contributed by atoms with Crippen molar-refractivity contribution in [3.8, 4) is 0 Å². The Labute approximate surface area is 106 Å². The Morgan fingerprint density at radius 1 is 1.35 bits per heavy atom. The zero-order valence-electron chi connectivity index (χ0n) is 9.43. The summed E-state index contributed by atoms with van der Waals surface area (Å²) in [6, 6.07) is 6.86. The quantitative estimate of drug-likeness (QED) is 0.787. The van der Waals surface area contributed by atoms with Crippen LogP contribution >= 0.6 is 11.6 Å². The predicted molar refractivity (Wildman–Crippen MR) is 68.1 cm³/mol. The maximum Gasteiger partial charge on any atom is 0.285 e. The Bertz CT molecular complexity index is 554. The Balaban J connectivity index is 2.50. The van der Waals surface area contributed by atoms with Gasteiger partial charge in [0.15, 0.2) is 5.84 Å². The molecule has 0 bridgehead atoms. The number of hydrogen-bond acceptors (Lipinski definition) is 3. The molecule has 1 aliphatic rings. The number of amidine groups is 1. The third kappa shape index (κ3) is 2.17. The molecule has 1 aromatic rings. The highest BCUT2D eigenvalue weighted by molar-refractivity contribution is 7.90. The lowest BCUT2D eigenvalue weighted by molar-refractivity contribution is 0.470. The molecule has 6 heteroatoms. The van der Waals surface area contributed by atoms with Crippen molar-refractivity contribution in [1.29, 1.82) is 0 Å². The van der Waals surface area contributed by atoms with Crippen LogP contribution in [-0.4, -0.2) is 38.1 Å². The standard InChI is InChI=1S/C11H13ClN2O2S/c1-2-14(8-7-12)11-9-5-3-4-6-10(9)17(15,16)13-11/h3-6H,2,7-8H2,1H3. The molecule has 0 aliphatic carbocycles. The highest BCUT2D eigenvalue weighted by Crippen LogP contribution is 2.27. The zero-order chi connectivity index (χ0) is 12.5. The van der Waals surface area contributed by atoms with Crippen LogP contribution in [0.2, 0.25) is 0 Å². The summed E-state index contributed by atoms with van der Waals surface area (Å²) in [6.45, 7) is 3.21. The molecule has 0 fully saturated rings. The van der Waals surface area contributed by atoms with Crippen LogP contribution in [0.5, 0.6) is 0 Å². The fourth-order valence-corrected chi connectivity index (χ4v) is 3.26. The van der Waals surface area contributed by atoms with Crippen LogP contribution in [-0.2, 0) is 10.0 Å². The van der Waals surface area contributed by atoms with E-state index in [1.807, 2.05) is 17.9 Å². The maximum atomic E-state index is 11.8. The number of nitrogens with zero attached hydrogens (tertiary/aromatic N) is 2. The number of sulfonamides is 1. The van der Waals surface area contributed by atoms with Gasteiger partial charge >= 0.3 is 0 Å². The zero-order valence-corrected chi connectivity index (χ0v) is 11.0. The first-order valence-corrected chi connectivity index (χ1v) is 7.33. The second-order valence-electron chi connectivity index (χ2n) is 3.65. The minimum absolute atomic E-state index is 0.281. The number of rotatable bonds is 3. The summed E-state index contributed by atoms with van der Waals surface area (Å²) in [5, 5.41) is 0. The summed E-state index contributed by atoms with van der Waals surface area (Å²) in [7, 11) is -3.52. The van der Waals surface area contributed by atoms with E-state index in [-0.39, 0.29) is 4.90 Å². The van der Waals surface area contributed by atoms with Gasteiger partial charge in [-0.25, -0.2) is 0 Å². The van der Waals surface area contributed by atoms with Gasteiger partial charge in [0, 0.05) is 24.5 Å². The average molecular weight is 273 g/mol. The summed E-state index contributed by atoms with van der Waals surface area (Å²) in [4.78, 5) is 2.15. The van der Waals surface area contributed by atoms with Gasteiger partial charge in [0.2, 0.25) is 0 Å². The highest BCUT2D eigenvalue weighted by atomic mass is 35.5. The predicted octanol–water partition coefficient (Wildman–Crippen LogP) is 1.70. The summed E-state index contributed by atoms with van der Waals surface area (Å²) >= 11 is 5.71. The first-order valence-electron chi connectivity index (χ1n) is 5.35. The summed E-state index contributed by atoms with van der Waals surface area (Å²) < 4.78 is 27.5. The van der Waals surface area contributed by atoms with Crippen molar-refractivity contribution in [2.24, 2.45) is 4.40 Å². The van der Waals surface area contributed by atoms with Gasteiger partial charge in [-0.1, -0.05) is 12.1 Å². The van der Waals surface area contributed by atoms with E-state index in [1.54, 1.807) is 18.2 Å². The molecule has 0 saturated carbocycles. The highest BCUT2D eigenvalue weighted by Gasteiger charge is 2.30. The Morgan fingerprint density at radius 2 is 2.06 bits per heavy atom. The van der Waals surface area contributed by atoms with Gasteiger partial charge in [-0.05, 0) is 19.1 Å². The van der Waals surface area contributed by atoms with Crippen LogP contribution in [0.25, 0.3) is 0 Å². The van der Waals surface area contributed by atoms with Crippen LogP contribution in [0.4, 0.5) is 0 Å². The molecule has 1 heterocycles. The molecular weight excluding hydrogens is 260 g/mol. The third-order valence-corrected chi connectivity index (χ3v) is 4.14. The van der Waals surface area contributed by atoms with Crippen molar-refractivity contribution >= 4 is 27.5 Å². The van der Waals surface area contributed by atoms with Crippen molar-refractivity contribution < 1.29 is 8.42 Å². The SMILES string of the molecule is CCN(CCCl)C1=NS(=O)(=O)c2ccccc21. The fourth-order valence-electron chi connectivity index (χ4n) is 1.83. The van der Waals surface area contributed by atoms with Crippen molar-refractivity contribution in [2.75, 3.05) is 19.0 Å². The van der Waals surface area contributed by atoms with Crippen molar-refractivity contribution in [1.82, 2.24) is 4.90 Å². The number of hydrogen-bond donors (Lipinski definition) is 0. The lowest BCUT2D eigenvalue weighted by Gasteiger charge is -2.21. The van der Waals surface area contributed by atoms with Crippen LogP contribution in [0.3, 0.4) is 0 Å². The topological polar surface area (TPSA) is 49.7 Å². The van der Waals surface area contributed by atoms with Gasteiger partial charge in [0.1, 0.15) is 4.90 Å². The summed E-state index contributed by atoms with van der Waals surface area (Å²) in [5.41, 5.74) is 0.666. The van der Waals surface area contributed by atoms with Crippen LogP contribution in [0.1, 0.15) is 12.5 Å². The minimum atomic E-state index is -3.52. The van der Waals surface area contributed by atoms with E-state index < -0.39 is 10.0 Å². The van der Waals surface area contributed by atoms with Gasteiger partial charge in [0.25, 0.3) is 10.0 Å². The Morgan fingerprint density at radius 3 is 2.71 bits per heavy atom. The second-order valence-corrected chi connectivity index (χ2v) is 5.61. The van der Waals surface area contributed by atoms with Crippen molar-refractivity contribution in [2.45, 2.75) is 11.8 Å². The van der Waals surface area contributed by atoms with E-state index in [4.69, 9.17) is 11.6 Å². The molecule has 0 spiro atoms. The van der Waals surface area contributed by atoms with E-state index >= 15 is 0 Å². The van der Waals surface area contributed by atoms with Gasteiger partial charge in [-0.3, -0.25) is 0 Å². The van der Waals surface area contributed by atoms with E-state index in [0.717, 1.165) is 0 Å². The fraction of sp³-hybridized carbons (Fsp3) is 0.364. The molecule has 0 aromatic heterocycles. The average Bonchev–Trinajstić information content (AvgIpc) is 2.59. The molecule has 4 nitrogen and oxygen atoms in total. The van der Waals surface area contributed by atoms with E-state index in [1.165, 1.54) is 0 Å². The monoisotopic (exact) mass is 272 g/mol. The van der Waals surface area contributed by atoms with Gasteiger partial charge in [-0.15, -0.1) is 16.0 Å². The van der Waals surface area contributed by atoms with Crippen molar-refractivity contribution in [3.63, 3.8) is 0 Å². The molecule has 1 aliphatic heterocycles. The third-order valence-electron chi connectivity index (χ3n) is 2.65. The Kier molecular flexibility index (Phi) is 3.40. The largest absolute Gasteiger partial charge is 0.354 e. The Hall–Kier alpha value is -1.07. The molecule has 2 rings (SSSR count). The van der Waals surface area contributed by atoms with Gasteiger partial charge in [-0.2, -0.15) is 8.42 Å². The minimum Gasteiger partial charge on any atom is -0.354 e. The van der Waals surface area contributed by atoms with Gasteiger partial charge < -0.3 is 4.90 Å².